The van der Waals surface area contributed by atoms with Gasteiger partial charge in [-0.1, -0.05) is 0 Å². The van der Waals surface area contributed by atoms with Gasteiger partial charge in [-0.25, -0.2) is 0 Å². The van der Waals surface area contributed by atoms with Crippen molar-refractivity contribution < 1.29 is 0 Å². The molecule has 0 fully saturated rings. The number of hydrogen-bond donors (Lipinski definition) is 2. The fourth-order valence-corrected chi connectivity index (χ4v) is 0.704. The Bertz CT molecular complexity index is 270. The maximum absolute atomic E-state index is 10.8. The maximum Gasteiger partial charge on any atom is 0.289 e. The van der Waals surface area contributed by atoms with E-state index >= 15 is 0 Å². The summed E-state index contributed by atoms with van der Waals surface area (Å²) in [5.41, 5.74) is 6.21. The molecule has 9 heavy (non-hydrogen) atoms. The third-order valence-electron chi connectivity index (χ3n) is 1.27. The summed E-state index contributed by atoms with van der Waals surface area (Å²) in [5, 5.41) is 2.75. The summed E-state index contributed by atoms with van der Waals surface area (Å²) in [4.78, 5) is 10.8. The molecular weight excluding hydrogens is 118 g/mol. The Morgan fingerprint density at radius 3 is 2.33 bits per heavy atom. The van der Waals surface area contributed by atoms with Crippen molar-refractivity contribution >= 4 is 5.69 Å². The molecule has 0 atom stereocenters. The molecule has 0 aliphatic heterocycles. The van der Waals surface area contributed by atoms with E-state index in [9.17, 15) is 4.79 Å². The van der Waals surface area contributed by atoms with Gasteiger partial charge >= 0.3 is 0 Å². The van der Waals surface area contributed by atoms with Crippen molar-refractivity contribution in [3.05, 3.63) is 16.0 Å². The number of rotatable bonds is 0. The van der Waals surface area contributed by atoms with Gasteiger partial charge in [0.2, 0.25) is 0 Å². The highest BCUT2D eigenvalue weighted by molar-refractivity contribution is 5.39. The van der Waals surface area contributed by atoms with Crippen molar-refractivity contribution in [2.75, 3.05) is 5.73 Å². The quantitative estimate of drug-likeness (QED) is 0.498. The van der Waals surface area contributed by atoms with Crippen molar-refractivity contribution in [3.63, 3.8) is 0 Å². The molecule has 0 aliphatic rings. The molecule has 1 heterocycles. The summed E-state index contributed by atoms with van der Waals surface area (Å²) >= 11 is 0. The molecule has 0 amide bonds. The first kappa shape index (κ1) is 5.94. The SMILES string of the molecule is Cc1[nH]n(C)c(=O)c1N. The average Bonchev–Trinajstić information content (AvgIpc) is 1.98. The Morgan fingerprint density at radius 2 is 2.22 bits per heavy atom. The second kappa shape index (κ2) is 1.65. The molecule has 0 bridgehead atoms. The highest BCUT2D eigenvalue weighted by atomic mass is 16.1. The Morgan fingerprint density at radius 1 is 1.67 bits per heavy atom. The molecule has 1 aromatic rings. The average molecular weight is 127 g/mol. The van der Waals surface area contributed by atoms with E-state index in [2.05, 4.69) is 5.10 Å². The molecule has 0 aliphatic carbocycles. The maximum atomic E-state index is 10.8. The van der Waals surface area contributed by atoms with Gasteiger partial charge in [0.05, 0.1) is 5.69 Å². The largest absolute Gasteiger partial charge is 0.393 e. The molecule has 1 aromatic heterocycles. The van der Waals surface area contributed by atoms with Crippen molar-refractivity contribution in [3.8, 4) is 0 Å². The molecular formula is C5H9N3O. The van der Waals surface area contributed by atoms with Gasteiger partial charge < -0.3 is 5.73 Å². The molecule has 0 aromatic carbocycles. The van der Waals surface area contributed by atoms with Gasteiger partial charge in [0.1, 0.15) is 5.69 Å². The van der Waals surface area contributed by atoms with Gasteiger partial charge in [-0.05, 0) is 6.92 Å². The first-order chi connectivity index (χ1) is 4.13. The van der Waals surface area contributed by atoms with Crippen LogP contribution in [-0.4, -0.2) is 9.78 Å². The fraction of sp³-hybridized carbons (Fsp3) is 0.400. The number of nitrogens with zero attached hydrogens (tertiary/aromatic N) is 1. The van der Waals surface area contributed by atoms with Crippen molar-refractivity contribution in [1.29, 1.82) is 0 Å². The topological polar surface area (TPSA) is 63.8 Å². The first-order valence-corrected chi connectivity index (χ1v) is 2.64. The van der Waals surface area contributed by atoms with E-state index in [0.717, 1.165) is 5.69 Å². The summed E-state index contributed by atoms with van der Waals surface area (Å²) in [6.07, 6.45) is 0. The molecule has 0 spiro atoms. The summed E-state index contributed by atoms with van der Waals surface area (Å²) < 4.78 is 1.35. The minimum absolute atomic E-state index is 0.160. The standard InChI is InChI=1S/C5H9N3O/c1-3-4(6)5(9)8(2)7-3/h7H,6H2,1-2H3. The Hall–Kier alpha value is -1.19. The molecule has 0 saturated carbocycles. The summed E-state index contributed by atoms with van der Waals surface area (Å²) in [7, 11) is 1.63. The number of hydrogen-bond acceptors (Lipinski definition) is 2. The van der Waals surface area contributed by atoms with Crippen LogP contribution in [0.5, 0.6) is 0 Å². The lowest BCUT2D eigenvalue weighted by Gasteiger charge is -1.82. The van der Waals surface area contributed by atoms with Gasteiger partial charge in [0.25, 0.3) is 5.56 Å². The Labute approximate surface area is 52.3 Å². The van der Waals surface area contributed by atoms with Gasteiger partial charge in [-0.15, -0.1) is 0 Å². The van der Waals surface area contributed by atoms with Crippen LogP contribution in [0.15, 0.2) is 4.79 Å². The molecule has 0 saturated heterocycles. The molecule has 1 rings (SSSR count). The third kappa shape index (κ3) is 0.718. The molecule has 50 valence electrons. The first-order valence-electron chi connectivity index (χ1n) is 2.64. The van der Waals surface area contributed by atoms with E-state index in [1.165, 1.54) is 4.68 Å². The van der Waals surface area contributed by atoms with E-state index in [1.54, 1.807) is 14.0 Å². The van der Waals surface area contributed by atoms with Crippen LogP contribution < -0.4 is 11.3 Å². The predicted octanol–water partition coefficient (Wildman–Crippen LogP) is -0.396. The minimum atomic E-state index is -0.160. The lowest BCUT2D eigenvalue weighted by Crippen LogP contribution is -2.14. The molecule has 0 radical (unpaired) electrons. The van der Waals surface area contributed by atoms with Gasteiger partial charge in [-0.2, -0.15) is 0 Å². The lowest BCUT2D eigenvalue weighted by molar-refractivity contribution is 0.731. The second-order valence-corrected chi connectivity index (χ2v) is 2.01. The fourth-order valence-electron chi connectivity index (χ4n) is 0.704. The van der Waals surface area contributed by atoms with E-state index in [1.807, 2.05) is 0 Å². The van der Waals surface area contributed by atoms with E-state index in [-0.39, 0.29) is 5.56 Å². The zero-order chi connectivity index (χ0) is 7.02. The van der Waals surface area contributed by atoms with Crippen LogP contribution in [-0.2, 0) is 7.05 Å². The Kier molecular flexibility index (Phi) is 1.09. The second-order valence-electron chi connectivity index (χ2n) is 2.01. The number of aromatic nitrogens is 2. The van der Waals surface area contributed by atoms with E-state index in [4.69, 9.17) is 5.73 Å². The minimum Gasteiger partial charge on any atom is -0.393 e. The zero-order valence-electron chi connectivity index (χ0n) is 5.43. The summed E-state index contributed by atoms with van der Waals surface area (Å²) in [6.45, 7) is 1.76. The monoisotopic (exact) mass is 127 g/mol. The highest BCUT2D eigenvalue weighted by Gasteiger charge is 2.01. The van der Waals surface area contributed by atoms with Gasteiger partial charge in [-0.3, -0.25) is 14.6 Å². The van der Waals surface area contributed by atoms with Gasteiger partial charge in [0.15, 0.2) is 0 Å². The molecule has 3 N–H and O–H groups in total. The van der Waals surface area contributed by atoms with Crippen LogP contribution in [0.2, 0.25) is 0 Å². The van der Waals surface area contributed by atoms with Crippen LogP contribution in [0.4, 0.5) is 5.69 Å². The number of aromatic amines is 1. The number of H-pyrrole nitrogens is 1. The highest BCUT2D eigenvalue weighted by Crippen LogP contribution is 1.96. The number of nitrogens with two attached hydrogens (primary N) is 1. The van der Waals surface area contributed by atoms with Crippen molar-refractivity contribution in [1.82, 2.24) is 9.78 Å². The molecule has 4 heteroatoms. The normalized spacial score (nSPS) is 10.0. The van der Waals surface area contributed by atoms with Crippen LogP contribution in [0, 0.1) is 6.92 Å². The van der Waals surface area contributed by atoms with Crippen molar-refractivity contribution in [2.45, 2.75) is 6.92 Å². The van der Waals surface area contributed by atoms with Crippen LogP contribution in [0.1, 0.15) is 5.69 Å². The lowest BCUT2D eigenvalue weighted by atomic mass is 10.4. The predicted molar refractivity (Wildman–Crippen MR) is 35.2 cm³/mol. The number of nitrogens with one attached hydrogen (secondary N) is 1. The van der Waals surface area contributed by atoms with Crippen molar-refractivity contribution in [2.24, 2.45) is 7.05 Å². The van der Waals surface area contributed by atoms with Crippen LogP contribution >= 0.6 is 0 Å². The summed E-state index contributed by atoms with van der Waals surface area (Å²) in [6, 6.07) is 0. The van der Waals surface area contributed by atoms with E-state index < -0.39 is 0 Å². The number of anilines is 1. The zero-order valence-corrected chi connectivity index (χ0v) is 5.43. The Balaban J connectivity index is 3.48. The van der Waals surface area contributed by atoms with Crippen LogP contribution in [0.25, 0.3) is 0 Å². The van der Waals surface area contributed by atoms with E-state index in [0.29, 0.717) is 5.69 Å². The van der Waals surface area contributed by atoms with Gasteiger partial charge in [0, 0.05) is 7.05 Å². The molecule has 4 nitrogen and oxygen atoms in total. The smallest absolute Gasteiger partial charge is 0.289 e. The number of aryl methyl sites for hydroxylation is 2. The molecule has 0 unspecified atom stereocenters. The third-order valence-corrected chi connectivity index (χ3v) is 1.27. The number of nitrogen functional groups attached to an aromatic ring is 1. The van der Waals surface area contributed by atoms with Crippen LogP contribution in [0.3, 0.4) is 0 Å². The summed E-state index contributed by atoms with van der Waals surface area (Å²) in [5.74, 6) is 0.